The zero-order chi connectivity index (χ0) is 12.6. The molecule has 1 saturated carbocycles. The number of aliphatic hydroxyl groups excluding tert-OH is 1. The van der Waals surface area contributed by atoms with Crippen LogP contribution in [0, 0.1) is 5.41 Å². The van der Waals surface area contributed by atoms with Crippen LogP contribution in [0.5, 0.6) is 0 Å². The van der Waals surface area contributed by atoms with Crippen molar-refractivity contribution in [3.63, 3.8) is 0 Å². The molecule has 3 atom stereocenters. The first-order valence-corrected chi connectivity index (χ1v) is 7.01. The smallest absolute Gasteiger partial charge is 0.0695 e. The van der Waals surface area contributed by atoms with Crippen molar-refractivity contribution in [2.75, 3.05) is 26.7 Å². The highest BCUT2D eigenvalue weighted by atomic mass is 16.3. The van der Waals surface area contributed by atoms with Gasteiger partial charge in [-0.25, -0.2) is 0 Å². The highest BCUT2D eigenvalue weighted by molar-refractivity contribution is 4.94. The van der Waals surface area contributed by atoms with Crippen molar-refractivity contribution in [1.29, 1.82) is 0 Å². The zero-order valence-corrected chi connectivity index (χ0v) is 11.8. The average Bonchev–Trinajstić information content (AvgIpc) is 2.22. The van der Waals surface area contributed by atoms with Gasteiger partial charge in [0.05, 0.1) is 6.10 Å². The quantitative estimate of drug-likeness (QED) is 0.753. The molecule has 1 saturated heterocycles. The molecule has 100 valence electrons. The third-order valence-corrected chi connectivity index (χ3v) is 4.63. The molecule has 1 aliphatic carbocycles. The van der Waals surface area contributed by atoms with Crippen LogP contribution in [0.1, 0.15) is 40.0 Å². The molecule has 0 aromatic heterocycles. The molecule has 0 radical (unpaired) electrons. The van der Waals surface area contributed by atoms with Gasteiger partial charge in [0.15, 0.2) is 0 Å². The van der Waals surface area contributed by atoms with E-state index in [1.165, 1.54) is 0 Å². The van der Waals surface area contributed by atoms with Crippen molar-refractivity contribution >= 4 is 0 Å². The second-order valence-electron chi connectivity index (χ2n) is 6.89. The summed E-state index contributed by atoms with van der Waals surface area (Å²) in [6.07, 6.45) is 3.15. The summed E-state index contributed by atoms with van der Waals surface area (Å²) in [5, 5.41) is 10.3. The summed E-state index contributed by atoms with van der Waals surface area (Å²) >= 11 is 0. The fourth-order valence-corrected chi connectivity index (χ4v) is 3.52. The predicted octanol–water partition coefficient (Wildman–Crippen LogP) is 1.56. The summed E-state index contributed by atoms with van der Waals surface area (Å²) in [6, 6.07) is 0.949. The van der Waals surface area contributed by atoms with Crippen molar-refractivity contribution in [1.82, 2.24) is 9.80 Å². The minimum Gasteiger partial charge on any atom is -0.391 e. The van der Waals surface area contributed by atoms with E-state index in [-0.39, 0.29) is 6.10 Å². The molecule has 0 spiro atoms. The van der Waals surface area contributed by atoms with Crippen molar-refractivity contribution in [2.45, 2.75) is 58.2 Å². The molecule has 2 fully saturated rings. The molecule has 2 rings (SSSR count). The lowest BCUT2D eigenvalue weighted by atomic mass is 9.73. The van der Waals surface area contributed by atoms with Crippen LogP contribution in [0.4, 0.5) is 0 Å². The molecular formula is C14H28N2O. The van der Waals surface area contributed by atoms with Gasteiger partial charge in [0.25, 0.3) is 0 Å². The summed E-state index contributed by atoms with van der Waals surface area (Å²) in [6.45, 7) is 10.3. The second kappa shape index (κ2) is 4.87. The Labute approximate surface area is 106 Å². The predicted molar refractivity (Wildman–Crippen MR) is 71.1 cm³/mol. The first kappa shape index (κ1) is 13.3. The number of piperazine rings is 1. The SMILES string of the molecule is CC1CN(C)CCN1C1CC(C)(C)CCC1O. The van der Waals surface area contributed by atoms with Crippen molar-refractivity contribution in [3.05, 3.63) is 0 Å². The minimum absolute atomic E-state index is 0.117. The molecule has 3 nitrogen and oxygen atoms in total. The highest BCUT2D eigenvalue weighted by Gasteiger charge is 2.39. The van der Waals surface area contributed by atoms with Crippen molar-refractivity contribution < 1.29 is 5.11 Å². The third-order valence-electron chi connectivity index (χ3n) is 4.63. The Hall–Kier alpha value is -0.120. The van der Waals surface area contributed by atoms with Crippen LogP contribution in [0.15, 0.2) is 0 Å². The van der Waals surface area contributed by atoms with Gasteiger partial charge in [-0.2, -0.15) is 0 Å². The Morgan fingerprint density at radius 3 is 2.59 bits per heavy atom. The van der Waals surface area contributed by atoms with Crippen LogP contribution in [0.25, 0.3) is 0 Å². The first-order chi connectivity index (χ1) is 7.89. The lowest BCUT2D eigenvalue weighted by Crippen LogP contribution is -2.59. The summed E-state index contributed by atoms with van der Waals surface area (Å²) in [5.41, 5.74) is 0.396. The molecule has 0 aromatic rings. The van der Waals surface area contributed by atoms with Gasteiger partial charge in [-0.15, -0.1) is 0 Å². The fraction of sp³-hybridized carbons (Fsp3) is 1.00. The molecule has 2 aliphatic rings. The summed E-state index contributed by atoms with van der Waals surface area (Å²) in [7, 11) is 2.19. The maximum absolute atomic E-state index is 10.3. The molecule has 1 aliphatic heterocycles. The summed E-state index contributed by atoms with van der Waals surface area (Å²) < 4.78 is 0. The zero-order valence-electron chi connectivity index (χ0n) is 11.8. The van der Waals surface area contributed by atoms with E-state index in [0.29, 0.717) is 17.5 Å². The minimum atomic E-state index is -0.117. The normalized spacial score (nSPS) is 40.4. The molecule has 3 unspecified atom stereocenters. The average molecular weight is 240 g/mol. The Bertz CT molecular complexity index is 267. The van der Waals surface area contributed by atoms with Gasteiger partial charge in [-0.3, -0.25) is 4.90 Å². The summed E-state index contributed by atoms with van der Waals surface area (Å²) in [4.78, 5) is 4.94. The number of hydrogen-bond acceptors (Lipinski definition) is 3. The maximum Gasteiger partial charge on any atom is 0.0695 e. The van der Waals surface area contributed by atoms with Gasteiger partial charge >= 0.3 is 0 Å². The largest absolute Gasteiger partial charge is 0.391 e. The van der Waals surface area contributed by atoms with E-state index in [9.17, 15) is 5.11 Å². The number of rotatable bonds is 1. The molecule has 0 bridgehead atoms. The Balaban J connectivity index is 2.04. The molecule has 17 heavy (non-hydrogen) atoms. The van der Waals surface area contributed by atoms with E-state index in [4.69, 9.17) is 0 Å². The molecule has 0 amide bonds. The van der Waals surface area contributed by atoms with E-state index < -0.39 is 0 Å². The number of likely N-dealkylation sites (N-methyl/N-ethyl adjacent to an activating group) is 1. The van der Waals surface area contributed by atoms with Crippen molar-refractivity contribution in [2.24, 2.45) is 5.41 Å². The molecular weight excluding hydrogens is 212 g/mol. The highest BCUT2D eigenvalue weighted by Crippen LogP contribution is 2.38. The monoisotopic (exact) mass is 240 g/mol. The lowest BCUT2D eigenvalue weighted by molar-refractivity contribution is -0.0509. The summed E-state index contributed by atoms with van der Waals surface area (Å²) in [5.74, 6) is 0. The van der Waals surface area contributed by atoms with E-state index in [1.54, 1.807) is 0 Å². The molecule has 1 heterocycles. The first-order valence-electron chi connectivity index (χ1n) is 7.01. The van der Waals surface area contributed by atoms with Gasteiger partial charge in [0, 0.05) is 31.7 Å². The van der Waals surface area contributed by atoms with Gasteiger partial charge in [0.1, 0.15) is 0 Å². The Kier molecular flexibility index (Phi) is 3.81. The van der Waals surface area contributed by atoms with E-state index in [2.05, 4.69) is 37.6 Å². The number of nitrogens with zero attached hydrogens (tertiary/aromatic N) is 2. The van der Waals surface area contributed by atoms with Crippen LogP contribution in [-0.2, 0) is 0 Å². The second-order valence-corrected chi connectivity index (χ2v) is 6.89. The van der Waals surface area contributed by atoms with Crippen molar-refractivity contribution in [3.8, 4) is 0 Å². The third kappa shape index (κ3) is 3.01. The maximum atomic E-state index is 10.3. The van der Waals surface area contributed by atoms with E-state index >= 15 is 0 Å². The van der Waals surface area contributed by atoms with Crippen LogP contribution in [0.2, 0.25) is 0 Å². The van der Waals surface area contributed by atoms with Gasteiger partial charge < -0.3 is 10.0 Å². The lowest BCUT2D eigenvalue weighted by Gasteiger charge is -2.49. The van der Waals surface area contributed by atoms with Crippen LogP contribution >= 0.6 is 0 Å². The van der Waals surface area contributed by atoms with Gasteiger partial charge in [-0.1, -0.05) is 13.8 Å². The van der Waals surface area contributed by atoms with Crippen LogP contribution in [-0.4, -0.2) is 59.8 Å². The van der Waals surface area contributed by atoms with E-state index in [1.807, 2.05) is 0 Å². The number of hydrogen-bond donors (Lipinski definition) is 1. The molecule has 3 heteroatoms. The topological polar surface area (TPSA) is 26.7 Å². The van der Waals surface area contributed by atoms with Gasteiger partial charge in [-0.05, 0) is 38.6 Å². The van der Waals surface area contributed by atoms with Gasteiger partial charge in [0.2, 0.25) is 0 Å². The Morgan fingerprint density at radius 2 is 1.94 bits per heavy atom. The van der Waals surface area contributed by atoms with Crippen LogP contribution in [0.3, 0.4) is 0 Å². The standard InChI is InChI=1S/C14H28N2O/c1-11-10-15(4)7-8-16(11)12-9-14(2,3)6-5-13(12)17/h11-13,17H,5-10H2,1-4H3. The van der Waals surface area contributed by atoms with E-state index in [0.717, 1.165) is 38.9 Å². The Morgan fingerprint density at radius 1 is 1.24 bits per heavy atom. The van der Waals surface area contributed by atoms with Crippen LogP contribution < -0.4 is 0 Å². The fourth-order valence-electron chi connectivity index (χ4n) is 3.52. The number of aliphatic hydroxyl groups is 1. The molecule has 0 aromatic carbocycles. The molecule has 1 N–H and O–H groups in total.